The van der Waals surface area contributed by atoms with E-state index < -0.39 is 17.5 Å². The summed E-state index contributed by atoms with van der Waals surface area (Å²) in [6, 6.07) is 12.0. The monoisotopic (exact) mass is 422 g/mol. The van der Waals surface area contributed by atoms with Crippen molar-refractivity contribution in [1.29, 1.82) is 0 Å². The molecule has 1 amide bonds. The van der Waals surface area contributed by atoms with Crippen LogP contribution in [0.1, 0.15) is 22.3 Å². The number of hydrogen-bond acceptors (Lipinski definition) is 7. The van der Waals surface area contributed by atoms with E-state index in [0.717, 1.165) is 24.6 Å². The summed E-state index contributed by atoms with van der Waals surface area (Å²) in [5, 5.41) is 5.94. The Morgan fingerprint density at radius 3 is 2.77 bits per heavy atom. The van der Waals surface area contributed by atoms with E-state index in [4.69, 9.17) is 10.2 Å². The lowest BCUT2D eigenvalue weighted by Crippen LogP contribution is -2.11. The molecule has 0 aliphatic rings. The van der Waals surface area contributed by atoms with Crippen molar-refractivity contribution >= 4 is 34.5 Å². The van der Waals surface area contributed by atoms with Crippen molar-refractivity contribution in [3.05, 3.63) is 76.2 Å². The first-order valence-corrected chi connectivity index (χ1v) is 9.53. The van der Waals surface area contributed by atoms with Gasteiger partial charge < -0.3 is 20.8 Å². The van der Waals surface area contributed by atoms with Crippen molar-refractivity contribution in [2.24, 2.45) is 5.73 Å². The first-order chi connectivity index (χ1) is 15.0. The summed E-state index contributed by atoms with van der Waals surface area (Å²) in [6.07, 6.45) is 2.64. The number of aryl methyl sites for hydroxylation is 1. The molecular formula is C21H19FN6O3. The molecule has 0 unspecified atom stereocenters. The SMILES string of the molecule is NC(=O)c1ccc(CCCNc2ncc(F)c(Nc3ccc4oc(=O)[nH]c4c3)n2)cc1. The minimum absolute atomic E-state index is 0.00438. The van der Waals surface area contributed by atoms with Gasteiger partial charge in [-0.25, -0.2) is 14.2 Å². The van der Waals surface area contributed by atoms with Gasteiger partial charge >= 0.3 is 5.76 Å². The number of nitrogens with two attached hydrogens (primary N) is 1. The zero-order chi connectivity index (χ0) is 21.8. The Kier molecular flexibility index (Phi) is 5.61. The zero-order valence-electron chi connectivity index (χ0n) is 16.3. The van der Waals surface area contributed by atoms with Crippen molar-refractivity contribution in [1.82, 2.24) is 15.0 Å². The van der Waals surface area contributed by atoms with E-state index in [1.807, 2.05) is 12.1 Å². The third-order valence-electron chi connectivity index (χ3n) is 4.59. The average Bonchev–Trinajstić information content (AvgIpc) is 3.13. The maximum absolute atomic E-state index is 14.1. The summed E-state index contributed by atoms with van der Waals surface area (Å²) in [7, 11) is 0. The Hall–Kier alpha value is -4.21. The Labute approximate surface area is 175 Å². The number of hydrogen-bond donors (Lipinski definition) is 4. The van der Waals surface area contributed by atoms with Gasteiger partial charge in [-0.1, -0.05) is 12.1 Å². The fourth-order valence-corrected chi connectivity index (χ4v) is 3.03. The molecule has 0 saturated heterocycles. The number of anilines is 3. The molecule has 0 aliphatic carbocycles. The molecule has 0 fully saturated rings. The van der Waals surface area contributed by atoms with Gasteiger partial charge in [0.15, 0.2) is 17.2 Å². The highest BCUT2D eigenvalue weighted by Gasteiger charge is 2.09. The number of benzene rings is 2. The highest BCUT2D eigenvalue weighted by Crippen LogP contribution is 2.22. The number of carbonyl (C=O) groups is 1. The van der Waals surface area contributed by atoms with Crippen molar-refractivity contribution in [3.63, 3.8) is 0 Å². The van der Waals surface area contributed by atoms with Gasteiger partial charge in [-0.3, -0.25) is 9.78 Å². The number of aromatic amines is 1. The summed E-state index contributed by atoms with van der Waals surface area (Å²) in [6.45, 7) is 0.574. The van der Waals surface area contributed by atoms with Crippen LogP contribution < -0.4 is 22.1 Å². The lowest BCUT2D eigenvalue weighted by atomic mass is 10.1. The molecule has 0 aliphatic heterocycles. The van der Waals surface area contributed by atoms with E-state index in [-0.39, 0.29) is 11.8 Å². The molecule has 9 nitrogen and oxygen atoms in total. The number of H-pyrrole nitrogens is 1. The molecule has 0 radical (unpaired) electrons. The van der Waals surface area contributed by atoms with E-state index in [9.17, 15) is 14.0 Å². The fourth-order valence-electron chi connectivity index (χ4n) is 3.03. The van der Waals surface area contributed by atoms with Crippen molar-refractivity contribution in [2.45, 2.75) is 12.8 Å². The predicted octanol–water partition coefficient (Wildman–Crippen LogP) is 2.94. The largest absolute Gasteiger partial charge is 0.417 e. The molecule has 5 N–H and O–H groups in total. The van der Waals surface area contributed by atoms with Gasteiger partial charge in [0, 0.05) is 17.8 Å². The zero-order valence-corrected chi connectivity index (χ0v) is 16.3. The summed E-state index contributed by atoms with van der Waals surface area (Å²) >= 11 is 0. The number of carbonyl (C=O) groups excluding carboxylic acids is 1. The van der Waals surface area contributed by atoms with Crippen LogP contribution in [0.5, 0.6) is 0 Å². The first-order valence-electron chi connectivity index (χ1n) is 9.53. The summed E-state index contributed by atoms with van der Waals surface area (Å²) in [5.41, 5.74) is 8.21. The number of oxazole rings is 1. The molecule has 10 heteroatoms. The van der Waals surface area contributed by atoms with Crippen LogP contribution in [-0.4, -0.2) is 27.4 Å². The lowest BCUT2D eigenvalue weighted by molar-refractivity contribution is 0.100. The molecule has 0 atom stereocenters. The molecule has 158 valence electrons. The van der Waals surface area contributed by atoms with Gasteiger partial charge in [0.1, 0.15) is 0 Å². The van der Waals surface area contributed by atoms with E-state index in [1.165, 1.54) is 0 Å². The second kappa shape index (κ2) is 8.66. The van der Waals surface area contributed by atoms with Crippen molar-refractivity contribution in [3.8, 4) is 0 Å². The van der Waals surface area contributed by atoms with Crippen LogP contribution in [-0.2, 0) is 6.42 Å². The smallest absolute Gasteiger partial charge is 0.408 e. The van der Waals surface area contributed by atoms with Gasteiger partial charge in [0.2, 0.25) is 11.9 Å². The second-order valence-electron chi connectivity index (χ2n) is 6.83. The number of primary amides is 1. The Balaban J connectivity index is 1.35. The predicted molar refractivity (Wildman–Crippen MR) is 114 cm³/mol. The van der Waals surface area contributed by atoms with Crippen LogP contribution in [0.25, 0.3) is 11.1 Å². The van der Waals surface area contributed by atoms with E-state index in [0.29, 0.717) is 28.9 Å². The molecule has 2 aromatic heterocycles. The Morgan fingerprint density at radius 2 is 2.00 bits per heavy atom. The topological polar surface area (TPSA) is 139 Å². The van der Waals surface area contributed by atoms with Gasteiger partial charge in [-0.2, -0.15) is 4.98 Å². The minimum atomic E-state index is -0.610. The van der Waals surface area contributed by atoms with Gasteiger partial charge in [-0.15, -0.1) is 0 Å². The fraction of sp³-hybridized carbons (Fsp3) is 0.143. The molecule has 2 heterocycles. The number of amides is 1. The van der Waals surface area contributed by atoms with Gasteiger partial charge in [0.05, 0.1) is 11.7 Å². The van der Waals surface area contributed by atoms with Crippen molar-refractivity contribution in [2.75, 3.05) is 17.2 Å². The first kappa shape index (κ1) is 20.1. The number of aromatic nitrogens is 3. The number of nitrogens with zero attached hydrogens (tertiary/aromatic N) is 2. The minimum Gasteiger partial charge on any atom is -0.408 e. The van der Waals surface area contributed by atoms with E-state index >= 15 is 0 Å². The van der Waals surface area contributed by atoms with E-state index in [2.05, 4.69) is 25.6 Å². The lowest BCUT2D eigenvalue weighted by Gasteiger charge is -2.09. The van der Waals surface area contributed by atoms with Crippen LogP contribution in [0.4, 0.5) is 21.8 Å². The summed E-state index contributed by atoms with van der Waals surface area (Å²) in [4.78, 5) is 33.0. The highest BCUT2D eigenvalue weighted by molar-refractivity contribution is 5.92. The third-order valence-corrected chi connectivity index (χ3v) is 4.59. The standard InChI is InChI=1S/C21H19FN6O3/c22-15-11-25-20(24-9-1-2-12-3-5-13(6-4-12)18(23)29)28-19(15)26-14-7-8-17-16(10-14)27-21(30)31-17/h3-8,10-11H,1-2,9H2,(H2,23,29)(H,27,30)(H2,24,25,26,28). The average molecular weight is 422 g/mol. The molecule has 4 aromatic rings. The van der Waals surface area contributed by atoms with Crippen LogP contribution in [0.2, 0.25) is 0 Å². The molecular weight excluding hydrogens is 403 g/mol. The van der Waals surface area contributed by atoms with Crippen LogP contribution >= 0.6 is 0 Å². The normalized spacial score (nSPS) is 10.9. The molecule has 0 saturated carbocycles. The van der Waals surface area contributed by atoms with Crippen molar-refractivity contribution < 1.29 is 13.6 Å². The Morgan fingerprint density at radius 1 is 1.19 bits per heavy atom. The number of nitrogens with one attached hydrogen (secondary N) is 3. The summed E-state index contributed by atoms with van der Waals surface area (Å²) in [5.74, 6) is -1.34. The number of rotatable bonds is 8. The molecule has 0 bridgehead atoms. The van der Waals surface area contributed by atoms with Crippen LogP contribution in [0, 0.1) is 5.82 Å². The second-order valence-corrected chi connectivity index (χ2v) is 6.83. The number of halogens is 1. The Bertz CT molecular complexity index is 1280. The maximum atomic E-state index is 14.1. The quantitative estimate of drug-likeness (QED) is 0.320. The molecule has 4 rings (SSSR count). The van der Waals surface area contributed by atoms with Crippen LogP contribution in [0.15, 0.2) is 57.9 Å². The van der Waals surface area contributed by atoms with Gasteiger partial charge in [0.25, 0.3) is 0 Å². The third kappa shape index (κ3) is 4.86. The molecule has 2 aromatic carbocycles. The molecule has 31 heavy (non-hydrogen) atoms. The highest BCUT2D eigenvalue weighted by atomic mass is 19.1. The maximum Gasteiger partial charge on any atom is 0.417 e. The number of fused-ring (bicyclic) bond motifs is 1. The summed E-state index contributed by atoms with van der Waals surface area (Å²) < 4.78 is 19.1. The molecule has 0 spiro atoms. The van der Waals surface area contributed by atoms with Gasteiger partial charge in [-0.05, 0) is 48.7 Å². The van der Waals surface area contributed by atoms with Crippen LogP contribution in [0.3, 0.4) is 0 Å². The van der Waals surface area contributed by atoms with E-state index in [1.54, 1.807) is 30.3 Å².